The van der Waals surface area contributed by atoms with Crippen LogP contribution in [0.15, 0.2) is 9.41 Å². The first-order valence-corrected chi connectivity index (χ1v) is 12.8. The molecule has 0 aromatic carbocycles. The molecule has 1 aromatic heterocycles. The van der Waals surface area contributed by atoms with Crippen molar-refractivity contribution in [1.82, 2.24) is 20.5 Å². The van der Waals surface area contributed by atoms with Crippen molar-refractivity contribution >= 4 is 5.96 Å². The first-order valence-electron chi connectivity index (χ1n) is 12.8. The van der Waals surface area contributed by atoms with Gasteiger partial charge in [0.05, 0.1) is 18.3 Å². The topological polar surface area (TPSA) is 74.9 Å². The lowest BCUT2D eigenvalue weighted by molar-refractivity contribution is -0.145. The maximum atomic E-state index is 6.12. The maximum Gasteiger partial charge on any atom is 0.208 e. The summed E-state index contributed by atoms with van der Waals surface area (Å²) in [5, 5.41) is 7.40. The van der Waals surface area contributed by atoms with E-state index in [-0.39, 0.29) is 0 Å². The molecule has 2 atom stereocenters. The predicted octanol–water partition coefficient (Wildman–Crippen LogP) is 3.80. The predicted molar refractivity (Wildman–Crippen MR) is 128 cm³/mol. The highest BCUT2D eigenvalue weighted by Gasteiger charge is 2.55. The number of aromatic nitrogens is 1. The number of aliphatic imine (C=N–C) groups is 1. The average molecular weight is 446 g/mol. The summed E-state index contributed by atoms with van der Waals surface area (Å²) in [5.41, 5.74) is 1.32. The molecule has 2 N–H and O–H groups in total. The van der Waals surface area contributed by atoms with Crippen LogP contribution in [0.1, 0.15) is 75.6 Å². The van der Waals surface area contributed by atoms with Crippen molar-refractivity contribution in [2.45, 2.75) is 90.8 Å². The number of piperidine rings is 1. The van der Waals surface area contributed by atoms with Crippen molar-refractivity contribution in [3.05, 3.63) is 17.3 Å². The number of rotatable bonds is 7. The van der Waals surface area contributed by atoms with Gasteiger partial charge in [-0.15, -0.1) is 0 Å². The SMILES string of the molecule is CCOC1CC(NC(=NC)NCC2CCN(Cc3nc(C)c(C)o3)CC2)C12CCCCC2. The van der Waals surface area contributed by atoms with Crippen molar-refractivity contribution in [1.29, 1.82) is 0 Å². The number of oxazole rings is 1. The number of guanidine groups is 1. The Morgan fingerprint density at radius 1 is 1.22 bits per heavy atom. The van der Waals surface area contributed by atoms with E-state index in [9.17, 15) is 0 Å². The third-order valence-electron chi connectivity index (χ3n) is 8.17. The number of hydrogen-bond donors (Lipinski definition) is 2. The molecule has 0 bridgehead atoms. The third kappa shape index (κ3) is 5.14. The van der Waals surface area contributed by atoms with Gasteiger partial charge in [0.25, 0.3) is 0 Å². The average Bonchev–Trinajstić information content (AvgIpc) is 3.13. The number of aryl methyl sites for hydroxylation is 2. The monoisotopic (exact) mass is 445 g/mol. The standard InChI is InChI=1S/C25H43N5O2/c1-5-31-22-15-21(25(22)11-7-6-8-12-25)29-24(26-4)27-16-20-9-13-30(14-10-20)17-23-28-18(2)19(3)32-23/h20-22H,5-17H2,1-4H3,(H2,26,27,29). The largest absolute Gasteiger partial charge is 0.444 e. The smallest absolute Gasteiger partial charge is 0.208 e. The molecule has 3 aliphatic rings. The second kappa shape index (κ2) is 10.6. The van der Waals surface area contributed by atoms with Crippen LogP contribution >= 0.6 is 0 Å². The molecule has 7 heteroatoms. The van der Waals surface area contributed by atoms with Crippen LogP contribution in [0.4, 0.5) is 0 Å². The Kier molecular flexibility index (Phi) is 7.77. The molecular weight excluding hydrogens is 402 g/mol. The highest BCUT2D eigenvalue weighted by molar-refractivity contribution is 5.80. The molecule has 2 aliphatic carbocycles. The van der Waals surface area contributed by atoms with E-state index in [4.69, 9.17) is 9.15 Å². The van der Waals surface area contributed by atoms with Gasteiger partial charge in [-0.05, 0) is 71.9 Å². The zero-order valence-electron chi connectivity index (χ0n) is 20.6. The maximum absolute atomic E-state index is 6.12. The van der Waals surface area contributed by atoms with Crippen molar-refractivity contribution in [2.24, 2.45) is 16.3 Å². The highest BCUT2D eigenvalue weighted by atomic mass is 16.5. The van der Waals surface area contributed by atoms with Gasteiger partial charge in [-0.25, -0.2) is 4.98 Å². The Labute approximate surface area is 193 Å². The lowest BCUT2D eigenvalue weighted by Crippen LogP contribution is -2.66. The summed E-state index contributed by atoms with van der Waals surface area (Å²) in [6.07, 6.45) is 10.5. The van der Waals surface area contributed by atoms with Crippen molar-refractivity contribution in [3.8, 4) is 0 Å². The van der Waals surface area contributed by atoms with Crippen LogP contribution in [0.25, 0.3) is 0 Å². The molecular formula is C25H43N5O2. The summed E-state index contributed by atoms with van der Waals surface area (Å²) in [6, 6.07) is 0.486. The molecule has 1 saturated heterocycles. The zero-order chi connectivity index (χ0) is 22.6. The van der Waals surface area contributed by atoms with Gasteiger partial charge in [0.15, 0.2) is 5.96 Å². The van der Waals surface area contributed by atoms with E-state index >= 15 is 0 Å². The second-order valence-electron chi connectivity index (χ2n) is 10.1. The summed E-state index contributed by atoms with van der Waals surface area (Å²) < 4.78 is 11.9. The van der Waals surface area contributed by atoms with Gasteiger partial charge < -0.3 is 19.8 Å². The Bertz CT molecular complexity index is 743. The van der Waals surface area contributed by atoms with Gasteiger partial charge in [-0.1, -0.05) is 19.3 Å². The molecule has 4 rings (SSSR count). The Hall–Kier alpha value is -1.60. The number of hydrogen-bond acceptors (Lipinski definition) is 5. The fourth-order valence-electron chi connectivity index (χ4n) is 6.01. The zero-order valence-corrected chi connectivity index (χ0v) is 20.6. The number of nitrogens with one attached hydrogen (secondary N) is 2. The van der Waals surface area contributed by atoms with Gasteiger partial charge >= 0.3 is 0 Å². The molecule has 7 nitrogen and oxygen atoms in total. The van der Waals surface area contributed by atoms with Gasteiger partial charge in [0.1, 0.15) is 5.76 Å². The van der Waals surface area contributed by atoms with E-state index in [2.05, 4.69) is 32.4 Å². The Morgan fingerprint density at radius 2 is 1.97 bits per heavy atom. The molecule has 1 aromatic rings. The molecule has 1 spiro atoms. The number of ether oxygens (including phenoxy) is 1. The minimum atomic E-state index is 0.313. The number of likely N-dealkylation sites (tertiary alicyclic amines) is 1. The normalized spacial score (nSPS) is 26.8. The molecule has 3 fully saturated rings. The van der Waals surface area contributed by atoms with Gasteiger partial charge in [0, 0.05) is 31.7 Å². The van der Waals surface area contributed by atoms with Crippen LogP contribution in [-0.2, 0) is 11.3 Å². The Balaban J connectivity index is 1.21. The van der Waals surface area contributed by atoms with Crippen LogP contribution in [-0.4, -0.2) is 61.3 Å². The van der Waals surface area contributed by atoms with E-state index in [1.54, 1.807) is 0 Å². The second-order valence-corrected chi connectivity index (χ2v) is 10.1. The van der Waals surface area contributed by atoms with Crippen LogP contribution in [0.2, 0.25) is 0 Å². The van der Waals surface area contributed by atoms with Crippen LogP contribution in [0.3, 0.4) is 0 Å². The highest BCUT2D eigenvalue weighted by Crippen LogP contribution is 2.53. The number of nitrogens with zero attached hydrogens (tertiary/aromatic N) is 3. The van der Waals surface area contributed by atoms with Crippen LogP contribution in [0.5, 0.6) is 0 Å². The summed E-state index contributed by atoms with van der Waals surface area (Å²) in [4.78, 5) is 11.5. The van der Waals surface area contributed by atoms with E-state index < -0.39 is 0 Å². The fourth-order valence-corrected chi connectivity index (χ4v) is 6.01. The quantitative estimate of drug-likeness (QED) is 0.491. The van der Waals surface area contributed by atoms with E-state index in [1.807, 2.05) is 20.9 Å². The lowest BCUT2D eigenvalue weighted by atomic mass is 9.55. The van der Waals surface area contributed by atoms with E-state index in [0.29, 0.717) is 23.5 Å². The minimum absolute atomic E-state index is 0.313. The molecule has 180 valence electrons. The van der Waals surface area contributed by atoms with Crippen LogP contribution < -0.4 is 10.6 Å². The first-order chi connectivity index (χ1) is 15.5. The van der Waals surface area contributed by atoms with Crippen molar-refractivity contribution in [2.75, 3.05) is 33.3 Å². The van der Waals surface area contributed by atoms with Crippen LogP contribution in [0, 0.1) is 25.2 Å². The summed E-state index contributed by atoms with van der Waals surface area (Å²) >= 11 is 0. The molecule has 32 heavy (non-hydrogen) atoms. The molecule has 2 unspecified atom stereocenters. The van der Waals surface area contributed by atoms with Crippen molar-refractivity contribution < 1.29 is 9.15 Å². The fraction of sp³-hybridized carbons (Fsp3) is 0.840. The summed E-state index contributed by atoms with van der Waals surface area (Å²) in [5.74, 6) is 3.43. The first kappa shape index (κ1) is 23.6. The molecule has 1 aliphatic heterocycles. The molecule has 0 amide bonds. The van der Waals surface area contributed by atoms with Gasteiger partial charge in [-0.2, -0.15) is 0 Å². The van der Waals surface area contributed by atoms with Gasteiger partial charge in [-0.3, -0.25) is 9.89 Å². The summed E-state index contributed by atoms with van der Waals surface area (Å²) in [6.45, 7) is 10.9. The minimum Gasteiger partial charge on any atom is -0.444 e. The molecule has 0 radical (unpaired) electrons. The van der Waals surface area contributed by atoms with E-state index in [0.717, 1.165) is 62.5 Å². The lowest BCUT2D eigenvalue weighted by Gasteiger charge is -2.58. The molecule has 2 saturated carbocycles. The molecule has 2 heterocycles. The van der Waals surface area contributed by atoms with Gasteiger partial charge in [0.2, 0.25) is 5.89 Å². The van der Waals surface area contributed by atoms with Crippen molar-refractivity contribution in [3.63, 3.8) is 0 Å². The Morgan fingerprint density at radius 3 is 2.59 bits per heavy atom. The van der Waals surface area contributed by atoms with E-state index in [1.165, 1.54) is 44.9 Å². The third-order valence-corrected chi connectivity index (χ3v) is 8.17. The summed E-state index contributed by atoms with van der Waals surface area (Å²) in [7, 11) is 1.89.